The summed E-state index contributed by atoms with van der Waals surface area (Å²) < 4.78 is 5.35. The van der Waals surface area contributed by atoms with Gasteiger partial charge in [-0.25, -0.2) is 4.98 Å². The van der Waals surface area contributed by atoms with Gasteiger partial charge in [-0.05, 0) is 24.0 Å². The number of aryl methyl sites for hydroxylation is 1. The van der Waals surface area contributed by atoms with Crippen LogP contribution in [0.4, 0.5) is 0 Å². The van der Waals surface area contributed by atoms with Gasteiger partial charge in [0.05, 0.1) is 0 Å². The van der Waals surface area contributed by atoms with E-state index in [1.807, 2.05) is 0 Å². The summed E-state index contributed by atoms with van der Waals surface area (Å²) in [5, 5.41) is 0. The maximum Gasteiger partial charge on any atom is 0.192 e. The van der Waals surface area contributed by atoms with Crippen LogP contribution in [0.3, 0.4) is 0 Å². The molecule has 0 atom stereocenters. The van der Waals surface area contributed by atoms with Gasteiger partial charge in [-0.1, -0.05) is 0 Å². The molecule has 0 unspecified atom stereocenters. The van der Waals surface area contributed by atoms with Crippen molar-refractivity contribution in [2.75, 3.05) is 5.75 Å². The first-order valence-electron chi connectivity index (χ1n) is 4.72. The normalized spacial score (nSPS) is 10.8. The van der Waals surface area contributed by atoms with E-state index in [1.54, 1.807) is 25.1 Å². The van der Waals surface area contributed by atoms with E-state index >= 15 is 0 Å². The Morgan fingerprint density at radius 1 is 1.53 bits per heavy atom. The second kappa shape index (κ2) is 4.06. The lowest BCUT2D eigenvalue weighted by Gasteiger charge is -1.97. The fraction of sp³-hybridized carbons (Fsp3) is 0.273. The van der Waals surface area contributed by atoms with E-state index in [4.69, 9.17) is 4.42 Å². The van der Waals surface area contributed by atoms with Gasteiger partial charge >= 0.3 is 0 Å². The van der Waals surface area contributed by atoms with Gasteiger partial charge in [-0.15, -0.1) is 0 Å². The Morgan fingerprint density at radius 3 is 3.07 bits per heavy atom. The fourth-order valence-electron chi connectivity index (χ4n) is 1.46. The molecule has 78 valence electrons. The molecule has 1 heterocycles. The van der Waals surface area contributed by atoms with Crippen molar-refractivity contribution in [2.24, 2.45) is 0 Å². The number of thiol groups is 1. The van der Waals surface area contributed by atoms with E-state index in [9.17, 15) is 4.79 Å². The molecule has 0 aliphatic heterocycles. The Balaban J connectivity index is 2.41. The number of hydrogen-bond donors (Lipinski definition) is 1. The van der Waals surface area contributed by atoms with Crippen LogP contribution in [0.25, 0.3) is 11.1 Å². The van der Waals surface area contributed by atoms with E-state index in [2.05, 4.69) is 17.6 Å². The van der Waals surface area contributed by atoms with Crippen molar-refractivity contribution in [3.63, 3.8) is 0 Å². The summed E-state index contributed by atoms with van der Waals surface area (Å²) in [6.07, 6.45) is 0.446. The Hall–Kier alpha value is -1.29. The highest BCUT2D eigenvalue weighted by atomic mass is 32.1. The average Bonchev–Trinajstić information content (AvgIpc) is 2.57. The molecule has 0 saturated carbocycles. The number of ketones is 1. The van der Waals surface area contributed by atoms with Crippen LogP contribution in [0.1, 0.15) is 22.7 Å². The smallest absolute Gasteiger partial charge is 0.192 e. The van der Waals surface area contributed by atoms with Crippen molar-refractivity contribution < 1.29 is 9.21 Å². The Kier molecular flexibility index (Phi) is 2.77. The molecule has 0 aliphatic rings. The molecule has 4 heteroatoms. The van der Waals surface area contributed by atoms with Crippen LogP contribution in [0.15, 0.2) is 22.6 Å². The first-order chi connectivity index (χ1) is 7.20. The quantitative estimate of drug-likeness (QED) is 0.640. The van der Waals surface area contributed by atoms with Crippen LogP contribution in [-0.4, -0.2) is 16.5 Å². The first-order valence-corrected chi connectivity index (χ1v) is 5.35. The second-order valence-electron chi connectivity index (χ2n) is 3.31. The highest BCUT2D eigenvalue weighted by Crippen LogP contribution is 2.17. The molecule has 0 aliphatic carbocycles. The third kappa shape index (κ3) is 2.04. The number of carbonyl (C=O) groups is 1. The summed E-state index contributed by atoms with van der Waals surface area (Å²) in [6.45, 7) is 1.79. The Bertz CT molecular complexity index is 504. The highest BCUT2D eigenvalue weighted by Gasteiger charge is 2.08. The molecular weight excluding hydrogens is 210 g/mol. The monoisotopic (exact) mass is 221 g/mol. The van der Waals surface area contributed by atoms with E-state index in [1.165, 1.54) is 0 Å². The molecular formula is C11H11NO2S. The number of carbonyl (C=O) groups excluding carboxylic acids is 1. The van der Waals surface area contributed by atoms with Gasteiger partial charge in [0.2, 0.25) is 0 Å². The predicted octanol–water partition coefficient (Wildman–Crippen LogP) is 2.64. The topological polar surface area (TPSA) is 43.1 Å². The zero-order chi connectivity index (χ0) is 10.8. The molecule has 15 heavy (non-hydrogen) atoms. The average molecular weight is 221 g/mol. The standard InChI is InChI=1S/C11H11NO2S/c1-7-12-9-3-2-8(6-11(9)14-7)10(13)4-5-15/h2-3,6,15H,4-5H2,1H3. The second-order valence-corrected chi connectivity index (χ2v) is 3.76. The van der Waals surface area contributed by atoms with Gasteiger partial charge < -0.3 is 4.42 Å². The zero-order valence-corrected chi connectivity index (χ0v) is 9.25. The molecule has 0 radical (unpaired) electrons. The van der Waals surface area contributed by atoms with Crippen molar-refractivity contribution in [2.45, 2.75) is 13.3 Å². The van der Waals surface area contributed by atoms with E-state index in [0.717, 1.165) is 5.52 Å². The minimum absolute atomic E-state index is 0.0842. The van der Waals surface area contributed by atoms with Crippen molar-refractivity contribution in [3.8, 4) is 0 Å². The van der Waals surface area contributed by atoms with Gasteiger partial charge in [-0.3, -0.25) is 4.79 Å². The van der Waals surface area contributed by atoms with Gasteiger partial charge in [0, 0.05) is 18.9 Å². The van der Waals surface area contributed by atoms with E-state index < -0.39 is 0 Å². The largest absolute Gasteiger partial charge is 0.441 e. The molecule has 0 amide bonds. The number of benzene rings is 1. The first kappa shape index (κ1) is 10.2. The molecule has 3 nitrogen and oxygen atoms in total. The minimum Gasteiger partial charge on any atom is -0.441 e. The lowest BCUT2D eigenvalue weighted by Crippen LogP contribution is -1.98. The summed E-state index contributed by atoms with van der Waals surface area (Å²) in [7, 11) is 0. The Morgan fingerprint density at radius 2 is 2.33 bits per heavy atom. The SMILES string of the molecule is Cc1nc2ccc(C(=O)CCS)cc2o1. The summed E-state index contributed by atoms with van der Waals surface area (Å²) in [4.78, 5) is 15.8. The molecule has 0 fully saturated rings. The van der Waals surface area contributed by atoms with Crippen molar-refractivity contribution in [3.05, 3.63) is 29.7 Å². The number of hydrogen-bond acceptors (Lipinski definition) is 4. The third-order valence-electron chi connectivity index (χ3n) is 2.16. The van der Waals surface area contributed by atoms with Crippen LogP contribution in [0.2, 0.25) is 0 Å². The number of rotatable bonds is 3. The molecule has 1 aromatic carbocycles. The van der Waals surface area contributed by atoms with Gasteiger partial charge in [0.15, 0.2) is 17.3 Å². The van der Waals surface area contributed by atoms with Crippen LogP contribution < -0.4 is 0 Å². The lowest BCUT2D eigenvalue weighted by atomic mass is 10.1. The molecule has 2 aromatic rings. The molecule has 0 spiro atoms. The minimum atomic E-state index is 0.0842. The van der Waals surface area contributed by atoms with Gasteiger partial charge in [0.25, 0.3) is 0 Å². The van der Waals surface area contributed by atoms with Gasteiger partial charge in [0.1, 0.15) is 5.52 Å². The molecule has 0 N–H and O–H groups in total. The van der Waals surface area contributed by atoms with Crippen molar-refractivity contribution in [1.29, 1.82) is 0 Å². The number of aromatic nitrogens is 1. The molecule has 1 aromatic heterocycles. The molecule has 0 saturated heterocycles. The molecule has 2 rings (SSSR count). The number of nitrogens with zero attached hydrogens (tertiary/aromatic N) is 1. The maximum absolute atomic E-state index is 11.6. The van der Waals surface area contributed by atoms with Gasteiger partial charge in [-0.2, -0.15) is 12.6 Å². The maximum atomic E-state index is 11.6. The van der Waals surface area contributed by atoms with Crippen LogP contribution in [0.5, 0.6) is 0 Å². The lowest BCUT2D eigenvalue weighted by molar-refractivity contribution is 0.0989. The van der Waals surface area contributed by atoms with Crippen LogP contribution >= 0.6 is 12.6 Å². The van der Waals surface area contributed by atoms with E-state index in [-0.39, 0.29) is 5.78 Å². The third-order valence-corrected chi connectivity index (χ3v) is 2.38. The van der Waals surface area contributed by atoms with Crippen molar-refractivity contribution in [1.82, 2.24) is 4.98 Å². The van der Waals surface area contributed by atoms with Crippen LogP contribution in [0, 0.1) is 6.92 Å². The number of fused-ring (bicyclic) bond motifs is 1. The summed E-state index contributed by atoms with van der Waals surface area (Å²) in [5.74, 6) is 1.26. The van der Waals surface area contributed by atoms with Crippen LogP contribution in [-0.2, 0) is 0 Å². The van der Waals surface area contributed by atoms with Crippen molar-refractivity contribution >= 4 is 29.5 Å². The van der Waals surface area contributed by atoms with E-state index in [0.29, 0.717) is 29.2 Å². The fourth-order valence-corrected chi connectivity index (χ4v) is 1.66. The Labute approximate surface area is 92.9 Å². The summed E-state index contributed by atoms with van der Waals surface area (Å²) >= 11 is 4.03. The highest BCUT2D eigenvalue weighted by molar-refractivity contribution is 7.80. The summed E-state index contributed by atoms with van der Waals surface area (Å²) in [6, 6.07) is 5.31. The summed E-state index contributed by atoms with van der Waals surface area (Å²) in [5.41, 5.74) is 2.11. The predicted molar refractivity (Wildman–Crippen MR) is 61.5 cm³/mol. The molecule has 0 bridgehead atoms. The number of oxazole rings is 1. The zero-order valence-electron chi connectivity index (χ0n) is 8.36. The number of Topliss-reactive ketones (excluding diaryl/α,β-unsaturated/α-hetero) is 1.